The molecule has 1 aromatic heterocycles. The van der Waals surface area contributed by atoms with Crippen LogP contribution in [0, 0.1) is 6.92 Å². The largest absolute Gasteiger partial charge is 0.358 e. The molecule has 0 atom stereocenters. The van der Waals surface area contributed by atoms with E-state index in [2.05, 4.69) is 59.3 Å². The van der Waals surface area contributed by atoms with E-state index in [4.69, 9.17) is 0 Å². The van der Waals surface area contributed by atoms with Crippen LogP contribution in [0.2, 0.25) is 0 Å². The van der Waals surface area contributed by atoms with E-state index in [0.717, 1.165) is 39.0 Å². The highest BCUT2D eigenvalue weighted by Gasteiger charge is 2.26. The molecular weight excluding hydrogens is 334 g/mol. The Kier molecular flexibility index (Phi) is 4.01. The van der Waals surface area contributed by atoms with E-state index in [1.54, 1.807) is 0 Å². The highest BCUT2D eigenvalue weighted by molar-refractivity contribution is 5.87. The van der Waals surface area contributed by atoms with Gasteiger partial charge in [-0.1, -0.05) is 35.9 Å². The van der Waals surface area contributed by atoms with Gasteiger partial charge in [-0.25, -0.2) is 0 Å². The number of aromatic amines is 1. The van der Waals surface area contributed by atoms with Gasteiger partial charge in [0.1, 0.15) is 0 Å². The van der Waals surface area contributed by atoms with Crippen molar-refractivity contribution >= 4 is 16.8 Å². The van der Waals surface area contributed by atoms with Crippen molar-refractivity contribution in [1.29, 1.82) is 0 Å². The first-order chi connectivity index (χ1) is 13.2. The molecule has 4 heteroatoms. The summed E-state index contributed by atoms with van der Waals surface area (Å²) in [6, 6.07) is 15.1. The summed E-state index contributed by atoms with van der Waals surface area (Å²) in [6.07, 6.45) is 1.95. The molecule has 0 unspecified atom stereocenters. The Hall–Kier alpha value is -2.59. The number of carbonyl (C=O) groups is 1. The van der Waals surface area contributed by atoms with Crippen LogP contribution in [0.25, 0.3) is 10.9 Å². The third-order valence-corrected chi connectivity index (χ3v) is 6.05. The number of hydrogen-bond donors (Lipinski definition) is 1. The molecule has 3 aromatic rings. The lowest BCUT2D eigenvalue weighted by Crippen LogP contribution is -2.44. The van der Waals surface area contributed by atoms with Gasteiger partial charge >= 0.3 is 0 Å². The molecule has 1 N–H and O–H groups in total. The van der Waals surface area contributed by atoms with Gasteiger partial charge in [-0.15, -0.1) is 0 Å². The van der Waals surface area contributed by atoms with Crippen LogP contribution in [0.4, 0.5) is 0 Å². The van der Waals surface area contributed by atoms with E-state index in [-0.39, 0.29) is 5.91 Å². The lowest BCUT2D eigenvalue weighted by Gasteiger charge is -2.32. The fourth-order valence-electron chi connectivity index (χ4n) is 4.52. The van der Waals surface area contributed by atoms with Crippen molar-refractivity contribution in [2.45, 2.75) is 32.9 Å². The van der Waals surface area contributed by atoms with Crippen LogP contribution < -0.4 is 0 Å². The Morgan fingerprint density at radius 2 is 1.89 bits per heavy atom. The molecule has 27 heavy (non-hydrogen) atoms. The highest BCUT2D eigenvalue weighted by Crippen LogP contribution is 2.28. The summed E-state index contributed by atoms with van der Waals surface area (Å²) >= 11 is 0. The molecule has 1 amide bonds. The molecule has 0 aliphatic carbocycles. The lowest BCUT2D eigenvalue weighted by atomic mass is 10.00. The Labute approximate surface area is 159 Å². The maximum atomic E-state index is 13.0. The Morgan fingerprint density at radius 1 is 1.04 bits per heavy atom. The fraction of sp³-hybridized carbons (Fsp3) is 0.348. The molecule has 0 spiro atoms. The van der Waals surface area contributed by atoms with Crippen molar-refractivity contribution in [3.63, 3.8) is 0 Å². The minimum atomic E-state index is 0.252. The Morgan fingerprint density at radius 3 is 2.78 bits per heavy atom. The molecule has 5 rings (SSSR count). The van der Waals surface area contributed by atoms with Gasteiger partial charge in [-0.2, -0.15) is 0 Å². The smallest absolute Gasteiger partial charge is 0.237 e. The fourth-order valence-corrected chi connectivity index (χ4v) is 4.52. The molecule has 2 aliphatic heterocycles. The van der Waals surface area contributed by atoms with Gasteiger partial charge in [0, 0.05) is 54.8 Å². The highest BCUT2D eigenvalue weighted by atomic mass is 16.2. The molecule has 3 heterocycles. The predicted molar refractivity (Wildman–Crippen MR) is 108 cm³/mol. The Bertz CT molecular complexity index is 1020. The number of nitrogens with one attached hydrogen (secondary N) is 1. The van der Waals surface area contributed by atoms with E-state index < -0.39 is 0 Å². The van der Waals surface area contributed by atoms with Crippen LogP contribution in [0.5, 0.6) is 0 Å². The number of nitrogens with zero attached hydrogens (tertiary/aromatic N) is 2. The van der Waals surface area contributed by atoms with Crippen LogP contribution in [-0.4, -0.2) is 40.3 Å². The number of aromatic nitrogens is 1. The van der Waals surface area contributed by atoms with Crippen LogP contribution in [-0.2, 0) is 30.7 Å². The second-order valence-electron chi connectivity index (χ2n) is 7.93. The minimum absolute atomic E-state index is 0.252. The number of H-pyrrole nitrogens is 1. The number of hydrogen-bond acceptors (Lipinski definition) is 2. The number of aryl methyl sites for hydroxylation is 1. The second kappa shape index (κ2) is 6.54. The summed E-state index contributed by atoms with van der Waals surface area (Å²) in [6.45, 7) is 6.02. The zero-order chi connectivity index (χ0) is 18.4. The van der Waals surface area contributed by atoms with E-state index in [9.17, 15) is 4.79 Å². The van der Waals surface area contributed by atoms with Gasteiger partial charge in [-0.3, -0.25) is 9.69 Å². The molecule has 4 nitrogen and oxygen atoms in total. The predicted octanol–water partition coefficient (Wildman–Crippen LogP) is 3.42. The van der Waals surface area contributed by atoms with Crippen molar-refractivity contribution in [1.82, 2.24) is 14.8 Å². The number of amides is 1. The number of rotatable bonds is 2. The monoisotopic (exact) mass is 359 g/mol. The van der Waals surface area contributed by atoms with E-state index in [1.165, 1.54) is 38.9 Å². The summed E-state index contributed by atoms with van der Waals surface area (Å²) in [5.41, 5.74) is 7.85. The van der Waals surface area contributed by atoms with Gasteiger partial charge in [0.15, 0.2) is 0 Å². The van der Waals surface area contributed by atoms with Crippen molar-refractivity contribution in [3.05, 3.63) is 70.4 Å². The molecule has 0 bridgehead atoms. The summed E-state index contributed by atoms with van der Waals surface area (Å²) < 4.78 is 0. The molecule has 138 valence electrons. The van der Waals surface area contributed by atoms with E-state index in [0.29, 0.717) is 6.54 Å². The van der Waals surface area contributed by atoms with Gasteiger partial charge in [0.2, 0.25) is 5.91 Å². The second-order valence-corrected chi connectivity index (χ2v) is 7.93. The van der Waals surface area contributed by atoms with Gasteiger partial charge in [-0.05, 0) is 36.6 Å². The SMILES string of the molecule is Cc1ccc2[nH]c3c(c2c1)CN(C(=O)CN1CCc2ccccc2C1)CC3. The topological polar surface area (TPSA) is 39.3 Å². The van der Waals surface area contributed by atoms with Crippen molar-refractivity contribution in [3.8, 4) is 0 Å². The van der Waals surface area contributed by atoms with Crippen LogP contribution >= 0.6 is 0 Å². The van der Waals surface area contributed by atoms with Crippen LogP contribution in [0.15, 0.2) is 42.5 Å². The average Bonchev–Trinajstić information content (AvgIpc) is 3.05. The molecular formula is C23H25N3O. The lowest BCUT2D eigenvalue weighted by molar-refractivity contribution is -0.133. The standard InChI is InChI=1S/C23H25N3O/c1-16-6-7-21-19(12-16)20-14-26(11-9-22(20)24-21)23(27)15-25-10-8-17-4-2-3-5-18(17)13-25/h2-7,12,24H,8-11,13-15H2,1H3. The maximum absolute atomic E-state index is 13.0. The third kappa shape index (κ3) is 3.04. The van der Waals surface area contributed by atoms with Crippen molar-refractivity contribution in [2.75, 3.05) is 19.6 Å². The molecule has 0 saturated heterocycles. The summed E-state index contributed by atoms with van der Waals surface area (Å²) in [7, 11) is 0. The van der Waals surface area contributed by atoms with Gasteiger partial charge < -0.3 is 9.88 Å². The molecule has 0 radical (unpaired) electrons. The summed E-state index contributed by atoms with van der Waals surface area (Å²) in [5.74, 6) is 0.252. The van der Waals surface area contributed by atoms with Crippen molar-refractivity contribution in [2.24, 2.45) is 0 Å². The minimum Gasteiger partial charge on any atom is -0.358 e. The quantitative estimate of drug-likeness (QED) is 0.761. The van der Waals surface area contributed by atoms with Crippen LogP contribution in [0.1, 0.15) is 27.9 Å². The van der Waals surface area contributed by atoms with E-state index in [1.807, 2.05) is 4.90 Å². The molecule has 2 aliphatic rings. The zero-order valence-electron chi connectivity index (χ0n) is 15.8. The maximum Gasteiger partial charge on any atom is 0.237 e. The molecule has 0 fully saturated rings. The zero-order valence-corrected chi connectivity index (χ0v) is 15.8. The summed E-state index contributed by atoms with van der Waals surface area (Å²) in [5, 5.41) is 1.27. The third-order valence-electron chi connectivity index (χ3n) is 6.05. The van der Waals surface area contributed by atoms with E-state index >= 15 is 0 Å². The average molecular weight is 359 g/mol. The van der Waals surface area contributed by atoms with Crippen LogP contribution in [0.3, 0.4) is 0 Å². The first kappa shape index (κ1) is 16.6. The molecule has 0 saturated carbocycles. The number of carbonyl (C=O) groups excluding carboxylic acids is 1. The van der Waals surface area contributed by atoms with Crippen molar-refractivity contribution < 1.29 is 4.79 Å². The van der Waals surface area contributed by atoms with Gasteiger partial charge in [0.25, 0.3) is 0 Å². The molecule has 2 aromatic carbocycles. The van der Waals surface area contributed by atoms with Gasteiger partial charge in [0.05, 0.1) is 6.54 Å². The normalized spacial score (nSPS) is 17.0. The first-order valence-corrected chi connectivity index (χ1v) is 9.84. The summed E-state index contributed by atoms with van der Waals surface area (Å²) in [4.78, 5) is 20.9. The number of fused-ring (bicyclic) bond motifs is 4. The number of benzene rings is 2. The Balaban J connectivity index is 1.31. The first-order valence-electron chi connectivity index (χ1n) is 9.84.